The normalized spacial score (nSPS) is 13.7. The molecule has 0 spiro atoms. The highest BCUT2D eigenvalue weighted by Gasteiger charge is 2.31. The van der Waals surface area contributed by atoms with Gasteiger partial charge in [0.05, 0.1) is 13.0 Å². The summed E-state index contributed by atoms with van der Waals surface area (Å²) in [7, 11) is 1.37. The van der Waals surface area contributed by atoms with Gasteiger partial charge in [0.2, 0.25) is 5.75 Å². The zero-order valence-electron chi connectivity index (χ0n) is 19.8. The van der Waals surface area contributed by atoms with E-state index in [0.29, 0.717) is 5.56 Å². The van der Waals surface area contributed by atoms with E-state index in [-0.39, 0.29) is 41.3 Å². The number of pyridine rings is 1. The minimum absolute atomic E-state index is 0.00825. The molecule has 0 saturated carbocycles. The van der Waals surface area contributed by atoms with Crippen LogP contribution in [0.4, 0.5) is 4.39 Å². The summed E-state index contributed by atoms with van der Waals surface area (Å²) in [5.74, 6) is -3.14. The average molecular weight is 460 g/mol. The minimum atomic E-state index is -0.799. The molecule has 178 valence electrons. The second-order valence-electron chi connectivity index (χ2n) is 8.25. The lowest BCUT2D eigenvalue weighted by molar-refractivity contribution is -0.154. The van der Waals surface area contributed by atoms with Gasteiger partial charge in [-0.25, -0.2) is 9.37 Å². The van der Waals surface area contributed by atoms with Crippen LogP contribution in [-0.2, 0) is 14.3 Å². The Hall–Kier alpha value is -3.29. The van der Waals surface area contributed by atoms with E-state index in [1.807, 2.05) is 13.8 Å². The lowest BCUT2D eigenvalue weighted by Gasteiger charge is -2.29. The fourth-order valence-electron chi connectivity index (χ4n) is 3.76. The number of hydrogen-bond donors (Lipinski definition) is 0. The number of aromatic nitrogens is 1. The maximum Gasteiger partial charge on any atom is 0.309 e. The number of methoxy groups -OCH3 is 1. The Kier molecular flexibility index (Phi) is 9.08. The molecule has 0 saturated heterocycles. The van der Waals surface area contributed by atoms with Gasteiger partial charge in [-0.1, -0.05) is 39.0 Å². The first-order chi connectivity index (χ1) is 15.6. The predicted octanol–water partition coefficient (Wildman–Crippen LogP) is 4.74. The van der Waals surface area contributed by atoms with Gasteiger partial charge in [-0.2, -0.15) is 0 Å². The highest BCUT2D eigenvalue weighted by Crippen LogP contribution is 2.33. The summed E-state index contributed by atoms with van der Waals surface area (Å²) in [6.07, 6.45) is 0.524. The standard InChI is InChI=1S/C25H30FNO6/c1-14(2)22(18-9-7-8-10-19(18)26)16(4)32-25(30)15(3)13-20(29)23-24(33-17(5)28)21(31-6)11-12-27-23/h7-12,14-16,22H,13H2,1-6H3/t15-,16+,22-/m1/s1. The van der Waals surface area contributed by atoms with Gasteiger partial charge in [0.15, 0.2) is 17.2 Å². The van der Waals surface area contributed by atoms with Gasteiger partial charge >= 0.3 is 11.9 Å². The lowest BCUT2D eigenvalue weighted by atomic mass is 9.84. The molecule has 0 fully saturated rings. The molecule has 8 heteroatoms. The summed E-state index contributed by atoms with van der Waals surface area (Å²) in [6.45, 7) is 8.33. The third-order valence-electron chi connectivity index (χ3n) is 5.28. The SMILES string of the molecule is COc1ccnc(C(=O)C[C@@H](C)C(=O)O[C@@H](C)[C@H](c2ccccc2F)C(C)C)c1OC(C)=O. The highest BCUT2D eigenvalue weighted by molar-refractivity contribution is 5.99. The third-order valence-corrected chi connectivity index (χ3v) is 5.28. The fourth-order valence-corrected chi connectivity index (χ4v) is 3.76. The molecular weight excluding hydrogens is 429 g/mol. The molecule has 0 aliphatic rings. The molecule has 1 heterocycles. The molecule has 0 radical (unpaired) electrons. The Labute approximate surface area is 193 Å². The average Bonchev–Trinajstić information content (AvgIpc) is 2.74. The summed E-state index contributed by atoms with van der Waals surface area (Å²) >= 11 is 0. The van der Waals surface area contributed by atoms with E-state index in [1.54, 1.807) is 32.0 Å². The largest absolute Gasteiger partial charge is 0.493 e. The van der Waals surface area contributed by atoms with Gasteiger partial charge in [0.25, 0.3) is 0 Å². The van der Waals surface area contributed by atoms with Crippen LogP contribution in [0.5, 0.6) is 11.5 Å². The van der Waals surface area contributed by atoms with Crippen LogP contribution in [0.25, 0.3) is 0 Å². The second-order valence-corrected chi connectivity index (χ2v) is 8.25. The number of nitrogens with zero attached hydrogens (tertiary/aromatic N) is 1. The molecule has 0 unspecified atom stereocenters. The smallest absolute Gasteiger partial charge is 0.309 e. The number of carbonyl (C=O) groups excluding carboxylic acids is 3. The molecule has 0 aliphatic carbocycles. The highest BCUT2D eigenvalue weighted by atomic mass is 19.1. The number of rotatable bonds is 10. The number of benzene rings is 1. The first kappa shape index (κ1) is 26.0. The van der Waals surface area contributed by atoms with Crippen molar-refractivity contribution in [3.05, 3.63) is 53.6 Å². The van der Waals surface area contributed by atoms with Crippen molar-refractivity contribution in [3.63, 3.8) is 0 Å². The lowest BCUT2D eigenvalue weighted by Crippen LogP contribution is -2.30. The number of ether oxygens (including phenoxy) is 3. The van der Waals surface area contributed by atoms with Crippen LogP contribution in [0.2, 0.25) is 0 Å². The number of Topliss-reactive ketones (excluding diaryl/α,β-unsaturated/α-hetero) is 1. The first-order valence-electron chi connectivity index (χ1n) is 10.8. The molecule has 0 N–H and O–H groups in total. The Bertz CT molecular complexity index is 1010. The Morgan fingerprint density at radius 3 is 2.30 bits per heavy atom. The Balaban J connectivity index is 2.15. The summed E-state index contributed by atoms with van der Waals surface area (Å²) in [5, 5.41) is 0. The number of ketones is 1. The molecule has 1 aromatic heterocycles. The van der Waals surface area contributed by atoms with E-state index >= 15 is 0 Å². The molecular formula is C25H30FNO6. The summed E-state index contributed by atoms with van der Waals surface area (Å²) in [4.78, 5) is 41.1. The summed E-state index contributed by atoms with van der Waals surface area (Å²) in [6, 6.07) is 7.87. The molecule has 33 heavy (non-hydrogen) atoms. The van der Waals surface area contributed by atoms with Crippen LogP contribution in [0.15, 0.2) is 36.5 Å². The minimum Gasteiger partial charge on any atom is -0.493 e. The van der Waals surface area contributed by atoms with E-state index in [1.165, 1.54) is 32.4 Å². The van der Waals surface area contributed by atoms with E-state index in [2.05, 4.69) is 4.98 Å². The number of hydrogen-bond acceptors (Lipinski definition) is 7. The van der Waals surface area contributed by atoms with Crippen molar-refractivity contribution in [1.29, 1.82) is 0 Å². The van der Waals surface area contributed by atoms with Gasteiger partial charge < -0.3 is 14.2 Å². The van der Waals surface area contributed by atoms with Crippen LogP contribution in [0, 0.1) is 17.7 Å². The van der Waals surface area contributed by atoms with Crippen LogP contribution in [0.3, 0.4) is 0 Å². The summed E-state index contributed by atoms with van der Waals surface area (Å²) in [5.41, 5.74) is 0.367. The fraction of sp³-hybridized carbons (Fsp3) is 0.440. The third kappa shape index (κ3) is 6.60. The van der Waals surface area contributed by atoms with Crippen molar-refractivity contribution in [2.45, 2.75) is 53.1 Å². The molecule has 0 amide bonds. The topological polar surface area (TPSA) is 91.8 Å². The van der Waals surface area contributed by atoms with Gasteiger partial charge in [0.1, 0.15) is 11.9 Å². The first-order valence-corrected chi connectivity index (χ1v) is 10.8. The quantitative estimate of drug-likeness (QED) is 0.374. The van der Waals surface area contributed by atoms with Crippen molar-refractivity contribution in [2.24, 2.45) is 11.8 Å². The van der Waals surface area contributed by atoms with E-state index < -0.39 is 29.7 Å². The number of halogens is 1. The van der Waals surface area contributed by atoms with E-state index in [4.69, 9.17) is 14.2 Å². The molecule has 1 aromatic carbocycles. The molecule has 2 rings (SSSR count). The molecule has 7 nitrogen and oxygen atoms in total. The Morgan fingerprint density at radius 2 is 1.73 bits per heavy atom. The van der Waals surface area contributed by atoms with Gasteiger partial charge in [-0.3, -0.25) is 14.4 Å². The van der Waals surface area contributed by atoms with E-state index in [9.17, 15) is 18.8 Å². The van der Waals surface area contributed by atoms with Crippen LogP contribution >= 0.6 is 0 Å². The molecule has 0 bridgehead atoms. The van der Waals surface area contributed by atoms with E-state index in [0.717, 1.165) is 0 Å². The van der Waals surface area contributed by atoms with Gasteiger partial charge in [-0.15, -0.1) is 0 Å². The van der Waals surface area contributed by atoms with Crippen molar-refractivity contribution >= 4 is 17.7 Å². The van der Waals surface area contributed by atoms with Crippen molar-refractivity contribution in [1.82, 2.24) is 4.98 Å². The van der Waals surface area contributed by atoms with Gasteiger partial charge in [0, 0.05) is 31.5 Å². The zero-order valence-corrected chi connectivity index (χ0v) is 19.8. The number of esters is 2. The van der Waals surface area contributed by atoms with Crippen molar-refractivity contribution in [3.8, 4) is 11.5 Å². The van der Waals surface area contributed by atoms with Crippen molar-refractivity contribution < 1.29 is 33.0 Å². The molecule has 3 atom stereocenters. The summed E-state index contributed by atoms with van der Waals surface area (Å²) < 4.78 is 30.3. The monoisotopic (exact) mass is 459 g/mol. The van der Waals surface area contributed by atoms with Gasteiger partial charge in [-0.05, 0) is 24.5 Å². The molecule has 2 aromatic rings. The zero-order chi connectivity index (χ0) is 24.7. The predicted molar refractivity (Wildman–Crippen MR) is 120 cm³/mol. The number of carbonyl (C=O) groups is 3. The Morgan fingerprint density at radius 1 is 1.06 bits per heavy atom. The molecule has 0 aliphatic heterocycles. The van der Waals surface area contributed by atoms with Crippen LogP contribution in [-0.4, -0.2) is 35.9 Å². The van der Waals surface area contributed by atoms with Crippen LogP contribution < -0.4 is 9.47 Å². The second kappa shape index (κ2) is 11.5. The van der Waals surface area contributed by atoms with Crippen LogP contribution in [0.1, 0.15) is 63.0 Å². The maximum absolute atomic E-state index is 14.4. The maximum atomic E-state index is 14.4. The van der Waals surface area contributed by atoms with Crippen molar-refractivity contribution in [2.75, 3.05) is 7.11 Å².